The summed E-state index contributed by atoms with van der Waals surface area (Å²) in [5.41, 5.74) is 2.42. The third-order valence-electron chi connectivity index (χ3n) is 4.28. The van der Waals surface area contributed by atoms with Gasteiger partial charge in [-0.2, -0.15) is 5.10 Å². The maximum absolute atomic E-state index is 12.6. The number of benzene rings is 1. The van der Waals surface area contributed by atoms with Crippen LogP contribution in [-0.4, -0.2) is 40.0 Å². The van der Waals surface area contributed by atoms with Crippen molar-refractivity contribution in [2.75, 3.05) is 13.2 Å². The Hall–Kier alpha value is -2.67. The van der Waals surface area contributed by atoms with Crippen LogP contribution in [0.2, 0.25) is 0 Å². The second-order valence-corrected chi connectivity index (χ2v) is 6.14. The van der Waals surface area contributed by atoms with Crippen molar-refractivity contribution >= 4 is 11.9 Å². The highest BCUT2D eigenvalue weighted by Gasteiger charge is 2.22. The molecule has 0 bridgehead atoms. The van der Waals surface area contributed by atoms with Crippen LogP contribution in [0, 0.1) is 6.92 Å². The fraction of sp³-hybridized carbons (Fsp3) is 0.389. The zero-order valence-corrected chi connectivity index (χ0v) is 14.1. The smallest absolute Gasteiger partial charge is 0.335 e. The normalized spacial score (nSPS) is 15.1. The first-order valence-corrected chi connectivity index (χ1v) is 8.29. The van der Waals surface area contributed by atoms with Crippen LogP contribution in [0.1, 0.15) is 51.0 Å². The Labute approximate surface area is 145 Å². The van der Waals surface area contributed by atoms with Gasteiger partial charge in [-0.05, 0) is 43.5 Å². The van der Waals surface area contributed by atoms with Crippen LogP contribution >= 0.6 is 0 Å². The van der Waals surface area contributed by atoms with Crippen LogP contribution in [-0.2, 0) is 11.3 Å². The number of nitrogens with one attached hydrogen (secondary N) is 1. The van der Waals surface area contributed by atoms with Gasteiger partial charge in [0.2, 0.25) is 0 Å². The summed E-state index contributed by atoms with van der Waals surface area (Å²) in [7, 11) is 0. The van der Waals surface area contributed by atoms with E-state index in [1.165, 1.54) is 12.1 Å². The molecule has 7 nitrogen and oxygen atoms in total. The highest BCUT2D eigenvalue weighted by atomic mass is 16.5. The van der Waals surface area contributed by atoms with E-state index in [2.05, 4.69) is 10.4 Å². The van der Waals surface area contributed by atoms with Gasteiger partial charge >= 0.3 is 5.97 Å². The molecule has 1 fully saturated rings. The molecular formula is C18H21N3O4. The summed E-state index contributed by atoms with van der Waals surface area (Å²) in [6.07, 6.45) is 1.69. The Balaban J connectivity index is 1.67. The minimum atomic E-state index is -0.966. The minimum absolute atomic E-state index is 0.179. The molecule has 1 aliphatic heterocycles. The fourth-order valence-corrected chi connectivity index (χ4v) is 2.93. The van der Waals surface area contributed by atoms with Crippen molar-refractivity contribution in [2.45, 2.75) is 32.4 Å². The number of carbonyl (C=O) groups excluding carboxylic acids is 1. The van der Waals surface area contributed by atoms with Gasteiger partial charge in [-0.15, -0.1) is 0 Å². The lowest BCUT2D eigenvalue weighted by Crippen LogP contribution is -2.29. The molecule has 2 heterocycles. The molecule has 2 aromatic rings. The number of ether oxygens (including phenoxy) is 1. The van der Waals surface area contributed by atoms with E-state index < -0.39 is 5.97 Å². The highest BCUT2D eigenvalue weighted by Crippen LogP contribution is 2.22. The second-order valence-electron chi connectivity index (χ2n) is 6.14. The highest BCUT2D eigenvalue weighted by molar-refractivity contribution is 5.92. The predicted molar refractivity (Wildman–Crippen MR) is 90.6 cm³/mol. The van der Waals surface area contributed by atoms with Gasteiger partial charge in [-0.1, -0.05) is 12.1 Å². The molecule has 0 radical (unpaired) electrons. The number of rotatable bonds is 5. The van der Waals surface area contributed by atoms with Gasteiger partial charge in [0.05, 0.1) is 17.3 Å². The summed E-state index contributed by atoms with van der Waals surface area (Å²) < 4.78 is 7.18. The van der Waals surface area contributed by atoms with Crippen molar-refractivity contribution < 1.29 is 19.4 Å². The quantitative estimate of drug-likeness (QED) is 0.868. The lowest BCUT2D eigenvalue weighted by Gasteiger charge is -2.24. The Morgan fingerprint density at radius 3 is 2.60 bits per heavy atom. The van der Waals surface area contributed by atoms with Crippen molar-refractivity contribution in [3.8, 4) is 0 Å². The topological polar surface area (TPSA) is 93.5 Å². The molecule has 2 N–H and O–H groups in total. The van der Waals surface area contributed by atoms with Crippen LogP contribution < -0.4 is 5.32 Å². The summed E-state index contributed by atoms with van der Waals surface area (Å²) in [4.78, 5) is 23.4. The van der Waals surface area contributed by atoms with E-state index in [0.717, 1.165) is 24.1 Å². The number of hydrogen-bond donors (Lipinski definition) is 2. The molecule has 132 valence electrons. The van der Waals surface area contributed by atoms with Crippen molar-refractivity contribution in [3.63, 3.8) is 0 Å². The number of carboxylic acid groups (broad SMARTS) is 1. The van der Waals surface area contributed by atoms with Crippen molar-refractivity contribution in [1.29, 1.82) is 0 Å². The Kier molecular flexibility index (Phi) is 5.14. The maximum Gasteiger partial charge on any atom is 0.335 e. The van der Waals surface area contributed by atoms with Crippen LogP contribution in [0.25, 0.3) is 0 Å². The Morgan fingerprint density at radius 1 is 1.28 bits per heavy atom. The third-order valence-corrected chi connectivity index (χ3v) is 4.28. The first-order chi connectivity index (χ1) is 12.0. The average Bonchev–Trinajstić information content (AvgIpc) is 3.02. The van der Waals surface area contributed by atoms with Gasteiger partial charge in [0.25, 0.3) is 5.91 Å². The minimum Gasteiger partial charge on any atom is -0.478 e. The molecule has 3 rings (SSSR count). The summed E-state index contributed by atoms with van der Waals surface area (Å²) in [6.45, 7) is 3.56. The summed E-state index contributed by atoms with van der Waals surface area (Å²) in [5.74, 6) is -1.15. The van der Waals surface area contributed by atoms with Gasteiger partial charge in [0.1, 0.15) is 5.69 Å². The molecule has 0 saturated carbocycles. The predicted octanol–water partition coefficient (Wildman–Crippen LogP) is 2.17. The number of nitrogens with zero attached hydrogens (tertiary/aromatic N) is 2. The van der Waals surface area contributed by atoms with Crippen LogP contribution in [0.3, 0.4) is 0 Å². The number of aromatic nitrogens is 2. The van der Waals surface area contributed by atoms with Gasteiger partial charge < -0.3 is 15.2 Å². The van der Waals surface area contributed by atoms with Gasteiger partial charge in [0, 0.05) is 19.8 Å². The fourth-order valence-electron chi connectivity index (χ4n) is 2.93. The average molecular weight is 343 g/mol. The third kappa shape index (κ3) is 4.06. The second kappa shape index (κ2) is 7.48. The zero-order valence-electron chi connectivity index (χ0n) is 14.1. The number of carboxylic acids is 1. The number of carbonyl (C=O) groups is 2. The van der Waals surface area contributed by atoms with Crippen molar-refractivity contribution in [3.05, 3.63) is 52.8 Å². The molecule has 1 amide bonds. The SMILES string of the molecule is Cc1cc(C(=O)NCc2ccc(C(=O)O)cc2)n(C2CCOCC2)n1. The molecular weight excluding hydrogens is 322 g/mol. The van der Waals surface area contributed by atoms with Crippen molar-refractivity contribution in [2.24, 2.45) is 0 Å². The van der Waals surface area contributed by atoms with E-state index in [1.807, 2.05) is 6.92 Å². The van der Waals surface area contributed by atoms with Crippen LogP contribution in [0.4, 0.5) is 0 Å². The molecule has 1 aliphatic rings. The van der Waals surface area contributed by atoms with Crippen LogP contribution in [0.5, 0.6) is 0 Å². The molecule has 1 aromatic carbocycles. The van der Waals surface area contributed by atoms with Crippen LogP contribution in [0.15, 0.2) is 30.3 Å². The summed E-state index contributed by atoms with van der Waals surface area (Å²) in [5, 5.41) is 16.3. The summed E-state index contributed by atoms with van der Waals surface area (Å²) >= 11 is 0. The maximum atomic E-state index is 12.6. The Morgan fingerprint density at radius 2 is 1.96 bits per heavy atom. The molecule has 1 aromatic heterocycles. The van der Waals surface area contributed by atoms with Gasteiger partial charge in [-0.3, -0.25) is 9.48 Å². The largest absolute Gasteiger partial charge is 0.478 e. The summed E-state index contributed by atoms with van der Waals surface area (Å²) in [6, 6.07) is 8.42. The standard InChI is InChI=1S/C18H21N3O4/c1-12-10-16(21(20-12)15-6-8-25-9-7-15)17(22)19-11-13-2-4-14(5-3-13)18(23)24/h2-5,10,15H,6-9,11H2,1H3,(H,19,22)(H,23,24). The molecule has 0 unspecified atom stereocenters. The molecule has 7 heteroatoms. The first-order valence-electron chi connectivity index (χ1n) is 8.29. The number of hydrogen-bond acceptors (Lipinski definition) is 4. The van der Waals surface area contributed by atoms with E-state index in [9.17, 15) is 9.59 Å². The van der Waals surface area contributed by atoms with Gasteiger partial charge in [0.15, 0.2) is 0 Å². The van der Waals surface area contributed by atoms with E-state index in [1.54, 1.807) is 22.9 Å². The number of amides is 1. The van der Waals surface area contributed by atoms with E-state index in [4.69, 9.17) is 9.84 Å². The molecule has 0 spiro atoms. The Bertz CT molecular complexity index is 761. The lowest BCUT2D eigenvalue weighted by atomic mass is 10.1. The monoisotopic (exact) mass is 343 g/mol. The molecule has 25 heavy (non-hydrogen) atoms. The molecule has 1 saturated heterocycles. The molecule has 0 atom stereocenters. The zero-order chi connectivity index (χ0) is 17.8. The van der Waals surface area contributed by atoms with E-state index in [0.29, 0.717) is 25.5 Å². The van der Waals surface area contributed by atoms with Gasteiger partial charge in [-0.25, -0.2) is 4.79 Å². The van der Waals surface area contributed by atoms with E-state index in [-0.39, 0.29) is 17.5 Å². The lowest BCUT2D eigenvalue weighted by molar-refractivity contribution is 0.0641. The van der Waals surface area contributed by atoms with Crippen molar-refractivity contribution in [1.82, 2.24) is 15.1 Å². The first kappa shape index (κ1) is 17.2. The number of aromatic carboxylic acids is 1. The van der Waals surface area contributed by atoms with E-state index >= 15 is 0 Å². The number of aryl methyl sites for hydroxylation is 1. The molecule has 0 aliphatic carbocycles.